The Balaban J connectivity index is 1.52. The van der Waals surface area contributed by atoms with Crippen LogP contribution in [0.2, 0.25) is 0 Å². The third-order valence-corrected chi connectivity index (χ3v) is 3.57. The van der Waals surface area contributed by atoms with E-state index in [1.807, 2.05) is 37.3 Å². The highest BCUT2D eigenvalue weighted by Crippen LogP contribution is 2.18. The molecule has 0 saturated carbocycles. The lowest BCUT2D eigenvalue weighted by molar-refractivity contribution is 0.477. The van der Waals surface area contributed by atoms with Gasteiger partial charge in [0.25, 0.3) is 0 Å². The van der Waals surface area contributed by atoms with E-state index in [4.69, 9.17) is 4.42 Å². The molecule has 0 aliphatic rings. The number of hydrogen-bond donors (Lipinski definition) is 1. The highest BCUT2D eigenvalue weighted by molar-refractivity contribution is 5.52. The van der Waals surface area contributed by atoms with E-state index in [-0.39, 0.29) is 5.82 Å². The first-order valence-corrected chi connectivity index (χ1v) is 7.56. The number of nitrogens with zero attached hydrogens (tertiary/aromatic N) is 2. The number of aryl methyl sites for hydroxylation is 1. The van der Waals surface area contributed by atoms with Crippen LogP contribution in [0.25, 0.3) is 11.5 Å². The molecule has 0 fully saturated rings. The lowest BCUT2D eigenvalue weighted by atomic mass is 10.1. The lowest BCUT2D eigenvalue weighted by Gasteiger charge is -2.03. The van der Waals surface area contributed by atoms with Gasteiger partial charge in [-0.2, -0.15) is 0 Å². The van der Waals surface area contributed by atoms with Crippen molar-refractivity contribution >= 4 is 0 Å². The molecular formula is C18H18FN3O. The zero-order valence-corrected chi connectivity index (χ0v) is 12.9. The van der Waals surface area contributed by atoms with Crippen LogP contribution in [0.15, 0.2) is 52.9 Å². The molecule has 0 bridgehead atoms. The van der Waals surface area contributed by atoms with Crippen LogP contribution < -0.4 is 5.32 Å². The van der Waals surface area contributed by atoms with Crippen LogP contribution in [-0.2, 0) is 13.0 Å². The summed E-state index contributed by atoms with van der Waals surface area (Å²) in [6, 6.07) is 14.7. The minimum Gasteiger partial charge on any atom is -0.419 e. The van der Waals surface area contributed by atoms with Crippen molar-refractivity contribution in [3.63, 3.8) is 0 Å². The van der Waals surface area contributed by atoms with Crippen LogP contribution in [0.4, 0.5) is 4.39 Å². The molecule has 1 N–H and O–H groups in total. The fourth-order valence-corrected chi connectivity index (χ4v) is 2.26. The fraction of sp³-hybridized carbons (Fsp3) is 0.222. The molecule has 1 heterocycles. The van der Waals surface area contributed by atoms with Crippen LogP contribution in [0.3, 0.4) is 0 Å². The molecule has 0 saturated heterocycles. The van der Waals surface area contributed by atoms with Gasteiger partial charge in [0, 0.05) is 5.56 Å². The monoisotopic (exact) mass is 311 g/mol. The molecule has 3 aromatic rings. The van der Waals surface area contributed by atoms with E-state index in [2.05, 4.69) is 15.5 Å². The van der Waals surface area contributed by atoms with Gasteiger partial charge < -0.3 is 9.73 Å². The Morgan fingerprint density at radius 1 is 1.04 bits per heavy atom. The summed E-state index contributed by atoms with van der Waals surface area (Å²) in [4.78, 5) is 0. The molecule has 3 rings (SSSR count). The Hall–Kier alpha value is -2.53. The first kappa shape index (κ1) is 15.4. The molecule has 4 nitrogen and oxygen atoms in total. The number of hydrogen-bond acceptors (Lipinski definition) is 4. The Kier molecular flexibility index (Phi) is 4.78. The van der Waals surface area contributed by atoms with Crippen LogP contribution in [0, 0.1) is 12.7 Å². The van der Waals surface area contributed by atoms with Crippen molar-refractivity contribution in [1.82, 2.24) is 15.5 Å². The van der Waals surface area contributed by atoms with Gasteiger partial charge in [-0.15, -0.1) is 10.2 Å². The smallest absolute Gasteiger partial charge is 0.247 e. The molecule has 0 aliphatic heterocycles. The summed E-state index contributed by atoms with van der Waals surface area (Å²) < 4.78 is 19.1. The maximum Gasteiger partial charge on any atom is 0.247 e. The van der Waals surface area contributed by atoms with Gasteiger partial charge in [0.2, 0.25) is 11.8 Å². The second-order valence-corrected chi connectivity index (χ2v) is 5.39. The maximum absolute atomic E-state index is 13.5. The molecule has 5 heteroatoms. The van der Waals surface area contributed by atoms with Gasteiger partial charge in [0.05, 0.1) is 6.54 Å². The molecule has 23 heavy (non-hydrogen) atoms. The predicted molar refractivity (Wildman–Crippen MR) is 86.3 cm³/mol. The van der Waals surface area contributed by atoms with Crippen molar-refractivity contribution in [2.45, 2.75) is 19.9 Å². The number of nitrogens with one attached hydrogen (secondary N) is 1. The highest BCUT2D eigenvalue weighted by atomic mass is 19.1. The molecule has 0 atom stereocenters. The SMILES string of the molecule is Cc1ccc(-c2nnc(CNCCc3ccccc3F)o2)cc1. The average molecular weight is 311 g/mol. The molecular weight excluding hydrogens is 293 g/mol. The second kappa shape index (κ2) is 7.15. The summed E-state index contributed by atoms with van der Waals surface area (Å²) in [5, 5.41) is 11.3. The van der Waals surface area contributed by atoms with E-state index in [1.165, 1.54) is 11.6 Å². The maximum atomic E-state index is 13.5. The van der Waals surface area contributed by atoms with Gasteiger partial charge in [-0.3, -0.25) is 0 Å². The van der Waals surface area contributed by atoms with Crippen molar-refractivity contribution in [3.8, 4) is 11.5 Å². The zero-order valence-electron chi connectivity index (χ0n) is 12.9. The minimum atomic E-state index is -0.172. The van der Waals surface area contributed by atoms with Gasteiger partial charge in [-0.05, 0) is 43.7 Å². The topological polar surface area (TPSA) is 51.0 Å². The number of benzene rings is 2. The molecule has 0 spiro atoms. The van der Waals surface area contributed by atoms with Gasteiger partial charge in [-0.1, -0.05) is 35.9 Å². The normalized spacial score (nSPS) is 10.9. The largest absolute Gasteiger partial charge is 0.419 e. The number of halogens is 1. The summed E-state index contributed by atoms with van der Waals surface area (Å²) in [5.74, 6) is 0.860. The van der Waals surface area contributed by atoms with Crippen LogP contribution in [-0.4, -0.2) is 16.7 Å². The average Bonchev–Trinajstić information content (AvgIpc) is 3.03. The van der Waals surface area contributed by atoms with E-state index in [0.717, 1.165) is 5.56 Å². The molecule has 2 aromatic carbocycles. The van der Waals surface area contributed by atoms with E-state index in [9.17, 15) is 4.39 Å². The Morgan fingerprint density at radius 2 is 1.83 bits per heavy atom. The predicted octanol–water partition coefficient (Wildman–Crippen LogP) is 3.52. The standard InChI is InChI=1S/C18H18FN3O/c1-13-6-8-15(9-7-13)18-22-21-17(23-18)12-20-11-10-14-4-2-3-5-16(14)19/h2-9,20H,10-12H2,1H3. The first-order valence-electron chi connectivity index (χ1n) is 7.56. The van der Waals surface area contributed by atoms with Crippen molar-refractivity contribution in [1.29, 1.82) is 0 Å². The first-order chi connectivity index (χ1) is 11.2. The van der Waals surface area contributed by atoms with Crippen LogP contribution in [0.1, 0.15) is 17.0 Å². The summed E-state index contributed by atoms with van der Waals surface area (Å²) in [6.45, 7) is 3.14. The molecule has 0 aliphatic carbocycles. The third kappa shape index (κ3) is 4.02. The number of aromatic nitrogens is 2. The minimum absolute atomic E-state index is 0.172. The Labute approximate surface area is 134 Å². The van der Waals surface area contributed by atoms with Crippen molar-refractivity contribution < 1.29 is 8.81 Å². The van der Waals surface area contributed by atoms with Gasteiger partial charge in [-0.25, -0.2) is 4.39 Å². The third-order valence-electron chi connectivity index (χ3n) is 3.57. The Bertz CT molecular complexity index is 768. The van der Waals surface area contributed by atoms with E-state index in [1.54, 1.807) is 12.1 Å². The van der Waals surface area contributed by atoms with E-state index in [0.29, 0.717) is 36.9 Å². The fourth-order valence-electron chi connectivity index (χ4n) is 2.26. The van der Waals surface area contributed by atoms with Crippen LogP contribution in [0.5, 0.6) is 0 Å². The summed E-state index contributed by atoms with van der Waals surface area (Å²) in [6.07, 6.45) is 0.617. The molecule has 118 valence electrons. The van der Waals surface area contributed by atoms with Gasteiger partial charge in [0.1, 0.15) is 5.82 Å². The molecule has 0 radical (unpaired) electrons. The van der Waals surface area contributed by atoms with Crippen molar-refractivity contribution in [2.75, 3.05) is 6.54 Å². The summed E-state index contributed by atoms with van der Waals surface area (Å²) >= 11 is 0. The molecule has 0 amide bonds. The van der Waals surface area contributed by atoms with E-state index >= 15 is 0 Å². The van der Waals surface area contributed by atoms with Gasteiger partial charge >= 0.3 is 0 Å². The van der Waals surface area contributed by atoms with Crippen molar-refractivity contribution in [2.24, 2.45) is 0 Å². The molecule has 0 unspecified atom stereocenters. The highest BCUT2D eigenvalue weighted by Gasteiger charge is 2.08. The Morgan fingerprint density at radius 3 is 2.61 bits per heavy atom. The van der Waals surface area contributed by atoms with Crippen LogP contribution >= 0.6 is 0 Å². The van der Waals surface area contributed by atoms with Crippen molar-refractivity contribution in [3.05, 3.63) is 71.4 Å². The zero-order chi connectivity index (χ0) is 16.1. The van der Waals surface area contributed by atoms with Gasteiger partial charge in [0.15, 0.2) is 0 Å². The number of rotatable bonds is 6. The second-order valence-electron chi connectivity index (χ2n) is 5.39. The quantitative estimate of drug-likeness (QED) is 0.708. The summed E-state index contributed by atoms with van der Waals surface area (Å²) in [5.41, 5.74) is 2.79. The van der Waals surface area contributed by atoms with E-state index < -0.39 is 0 Å². The molecule has 1 aromatic heterocycles. The lowest BCUT2D eigenvalue weighted by Crippen LogP contribution is -2.17. The summed E-state index contributed by atoms with van der Waals surface area (Å²) in [7, 11) is 0.